The van der Waals surface area contributed by atoms with Crippen molar-refractivity contribution in [2.24, 2.45) is 7.05 Å². The number of hydrogen-bond donors (Lipinski definition) is 0. The van der Waals surface area contributed by atoms with Gasteiger partial charge < -0.3 is 9.47 Å². The molecule has 1 heterocycles. The molecule has 0 spiro atoms. The summed E-state index contributed by atoms with van der Waals surface area (Å²) in [4.78, 5) is 12.4. The van der Waals surface area contributed by atoms with Crippen LogP contribution in [0.1, 0.15) is 10.4 Å². The summed E-state index contributed by atoms with van der Waals surface area (Å²) < 4.78 is 12.2. The first-order valence-corrected chi connectivity index (χ1v) is 7.44. The first-order chi connectivity index (χ1) is 11.0. The molecule has 0 saturated heterocycles. The molecule has 0 bridgehead atoms. The van der Waals surface area contributed by atoms with Gasteiger partial charge in [0.2, 0.25) is 5.88 Å². The maximum atomic E-state index is 12.4. The lowest BCUT2D eigenvalue weighted by atomic mass is 10.2. The molecular formula is C16H12Cl2N2O3. The van der Waals surface area contributed by atoms with E-state index in [1.807, 2.05) is 6.07 Å². The average molecular weight is 351 g/mol. The normalized spacial score (nSPS) is 10.8. The fourth-order valence-corrected chi connectivity index (χ4v) is 2.80. The number of carbonyl (C=O) groups excluding carboxylic acids is 1. The van der Waals surface area contributed by atoms with E-state index in [1.54, 1.807) is 49.2 Å². The molecular weight excluding hydrogens is 339 g/mol. The number of methoxy groups -OCH3 is 1. The molecule has 0 aliphatic rings. The molecule has 0 fully saturated rings. The van der Waals surface area contributed by atoms with Gasteiger partial charge in [-0.15, -0.1) is 5.10 Å². The van der Waals surface area contributed by atoms with Crippen molar-refractivity contribution in [1.29, 1.82) is 0 Å². The van der Waals surface area contributed by atoms with Gasteiger partial charge in [0.1, 0.15) is 5.75 Å². The number of rotatable bonds is 3. The predicted molar refractivity (Wildman–Crippen MR) is 88.7 cm³/mol. The van der Waals surface area contributed by atoms with Crippen LogP contribution >= 0.6 is 23.2 Å². The molecule has 0 unspecified atom stereocenters. The first-order valence-electron chi connectivity index (χ1n) is 6.68. The van der Waals surface area contributed by atoms with Gasteiger partial charge in [0, 0.05) is 7.05 Å². The molecule has 23 heavy (non-hydrogen) atoms. The third-order valence-electron chi connectivity index (χ3n) is 3.38. The molecule has 0 aliphatic heterocycles. The molecule has 3 aromatic rings. The number of halogens is 2. The van der Waals surface area contributed by atoms with E-state index in [0.717, 1.165) is 5.52 Å². The minimum atomic E-state index is -0.664. The van der Waals surface area contributed by atoms with Crippen LogP contribution in [-0.2, 0) is 7.05 Å². The van der Waals surface area contributed by atoms with Crippen molar-refractivity contribution < 1.29 is 14.3 Å². The molecule has 5 nitrogen and oxygen atoms in total. The van der Waals surface area contributed by atoms with Crippen LogP contribution in [0, 0.1) is 0 Å². The summed E-state index contributed by atoms with van der Waals surface area (Å²) in [6.45, 7) is 0. The van der Waals surface area contributed by atoms with Crippen molar-refractivity contribution in [1.82, 2.24) is 9.78 Å². The van der Waals surface area contributed by atoms with Crippen molar-refractivity contribution >= 4 is 40.1 Å². The van der Waals surface area contributed by atoms with E-state index < -0.39 is 5.97 Å². The standard InChI is InChI=1S/C16H12Cl2N2O3/c1-20-13-7-6-9(22-2)8-10(13)15(19-20)23-16(21)14-11(17)4-3-5-12(14)18/h3-8H,1-2H3. The highest BCUT2D eigenvalue weighted by Crippen LogP contribution is 2.30. The monoisotopic (exact) mass is 350 g/mol. The smallest absolute Gasteiger partial charge is 0.347 e. The summed E-state index contributed by atoms with van der Waals surface area (Å²) in [6, 6.07) is 10.2. The van der Waals surface area contributed by atoms with Crippen molar-refractivity contribution in [3.8, 4) is 11.6 Å². The van der Waals surface area contributed by atoms with Gasteiger partial charge in [-0.1, -0.05) is 29.3 Å². The Balaban J connectivity index is 2.03. The van der Waals surface area contributed by atoms with Crippen LogP contribution < -0.4 is 9.47 Å². The lowest BCUT2D eigenvalue weighted by molar-refractivity contribution is 0.0729. The summed E-state index contributed by atoms with van der Waals surface area (Å²) in [7, 11) is 3.32. The number of carbonyl (C=O) groups is 1. The largest absolute Gasteiger partial charge is 0.497 e. The zero-order valence-corrected chi connectivity index (χ0v) is 13.9. The minimum absolute atomic E-state index is 0.109. The summed E-state index contributed by atoms with van der Waals surface area (Å²) in [6.07, 6.45) is 0. The minimum Gasteiger partial charge on any atom is -0.497 e. The average Bonchev–Trinajstić information content (AvgIpc) is 2.82. The molecule has 0 aliphatic carbocycles. The number of hydrogen-bond acceptors (Lipinski definition) is 4. The van der Waals surface area contributed by atoms with E-state index in [9.17, 15) is 4.79 Å². The molecule has 118 valence electrons. The highest BCUT2D eigenvalue weighted by molar-refractivity contribution is 6.39. The summed E-state index contributed by atoms with van der Waals surface area (Å²) >= 11 is 12.1. The van der Waals surface area contributed by atoms with E-state index in [-0.39, 0.29) is 21.5 Å². The third-order valence-corrected chi connectivity index (χ3v) is 4.01. The van der Waals surface area contributed by atoms with Crippen molar-refractivity contribution in [3.63, 3.8) is 0 Å². The van der Waals surface area contributed by atoms with Gasteiger partial charge in [-0.25, -0.2) is 4.79 Å². The lowest BCUT2D eigenvalue weighted by Gasteiger charge is -2.06. The van der Waals surface area contributed by atoms with Crippen LogP contribution in [0.4, 0.5) is 0 Å². The highest BCUT2D eigenvalue weighted by atomic mass is 35.5. The van der Waals surface area contributed by atoms with Crippen LogP contribution in [0.3, 0.4) is 0 Å². The zero-order valence-electron chi connectivity index (χ0n) is 12.3. The predicted octanol–water partition coefficient (Wildman–Crippen LogP) is 4.11. The van der Waals surface area contributed by atoms with Gasteiger partial charge in [0.15, 0.2) is 0 Å². The Labute approximate surface area is 142 Å². The second-order valence-electron chi connectivity index (χ2n) is 4.80. The van der Waals surface area contributed by atoms with Gasteiger partial charge in [-0.3, -0.25) is 4.68 Å². The molecule has 1 aromatic heterocycles. The summed E-state index contributed by atoms with van der Waals surface area (Å²) in [5, 5.41) is 5.32. The SMILES string of the molecule is COc1ccc2c(c1)c(OC(=O)c1c(Cl)cccc1Cl)nn2C. The Morgan fingerprint density at radius 2 is 1.87 bits per heavy atom. The number of aromatic nitrogens is 2. The van der Waals surface area contributed by atoms with E-state index in [1.165, 1.54) is 0 Å². The second kappa shape index (κ2) is 6.10. The molecule has 0 amide bonds. The van der Waals surface area contributed by atoms with Gasteiger partial charge in [-0.2, -0.15) is 0 Å². The van der Waals surface area contributed by atoms with Crippen LogP contribution in [0.15, 0.2) is 36.4 Å². The first kappa shape index (κ1) is 15.6. The van der Waals surface area contributed by atoms with Crippen LogP contribution in [0.5, 0.6) is 11.6 Å². The second-order valence-corrected chi connectivity index (χ2v) is 5.61. The highest BCUT2D eigenvalue weighted by Gasteiger charge is 2.20. The maximum absolute atomic E-state index is 12.4. The Kier molecular flexibility index (Phi) is 4.15. The van der Waals surface area contributed by atoms with Gasteiger partial charge in [0.25, 0.3) is 0 Å². The van der Waals surface area contributed by atoms with Gasteiger partial charge >= 0.3 is 5.97 Å². The fourth-order valence-electron chi connectivity index (χ4n) is 2.25. The summed E-state index contributed by atoms with van der Waals surface area (Å²) in [5.41, 5.74) is 0.913. The number of esters is 1. The van der Waals surface area contributed by atoms with Gasteiger partial charge in [0.05, 0.1) is 33.6 Å². The van der Waals surface area contributed by atoms with Gasteiger partial charge in [-0.05, 0) is 30.3 Å². The lowest BCUT2D eigenvalue weighted by Crippen LogP contribution is -2.10. The molecule has 3 rings (SSSR count). The Morgan fingerprint density at radius 3 is 2.52 bits per heavy atom. The molecule has 0 radical (unpaired) electrons. The molecule has 7 heteroatoms. The zero-order chi connectivity index (χ0) is 16.6. The van der Waals surface area contributed by atoms with E-state index >= 15 is 0 Å². The number of nitrogens with zero attached hydrogens (tertiary/aromatic N) is 2. The van der Waals surface area contributed by atoms with Crippen molar-refractivity contribution in [2.75, 3.05) is 7.11 Å². The Hall–Kier alpha value is -2.24. The number of benzene rings is 2. The summed E-state index contributed by atoms with van der Waals surface area (Å²) in [5.74, 6) is 0.143. The molecule has 2 aromatic carbocycles. The third kappa shape index (κ3) is 2.85. The van der Waals surface area contributed by atoms with E-state index in [0.29, 0.717) is 11.1 Å². The quantitative estimate of drug-likeness (QED) is 0.667. The molecule has 0 N–H and O–H groups in total. The van der Waals surface area contributed by atoms with E-state index in [4.69, 9.17) is 32.7 Å². The number of aryl methyl sites for hydroxylation is 1. The maximum Gasteiger partial charge on any atom is 0.347 e. The van der Waals surface area contributed by atoms with Crippen LogP contribution in [0.25, 0.3) is 10.9 Å². The Morgan fingerprint density at radius 1 is 1.17 bits per heavy atom. The van der Waals surface area contributed by atoms with Crippen LogP contribution in [0.2, 0.25) is 10.0 Å². The molecule has 0 atom stereocenters. The Bertz CT molecular complexity index is 885. The van der Waals surface area contributed by atoms with E-state index in [2.05, 4.69) is 5.10 Å². The van der Waals surface area contributed by atoms with Crippen LogP contribution in [-0.4, -0.2) is 22.9 Å². The molecule has 0 saturated carbocycles. The topological polar surface area (TPSA) is 53.4 Å². The van der Waals surface area contributed by atoms with Crippen molar-refractivity contribution in [2.45, 2.75) is 0 Å². The van der Waals surface area contributed by atoms with Crippen molar-refractivity contribution in [3.05, 3.63) is 52.0 Å². The fraction of sp³-hybridized carbons (Fsp3) is 0.125. The number of ether oxygens (including phenoxy) is 2. The number of fused-ring (bicyclic) bond motifs is 1.